The van der Waals surface area contributed by atoms with Crippen molar-refractivity contribution in [2.45, 2.75) is 19.9 Å². The SMILES string of the molecule is CCCn1c(=O)oc2cc(NC(=O)Nc3ccc(OC)cc3)ccc21. The van der Waals surface area contributed by atoms with E-state index in [0.717, 1.165) is 6.42 Å². The quantitative estimate of drug-likeness (QED) is 0.741. The molecule has 3 rings (SSSR count). The summed E-state index contributed by atoms with van der Waals surface area (Å²) in [4.78, 5) is 23.9. The number of hydrogen-bond acceptors (Lipinski definition) is 4. The molecule has 0 saturated carbocycles. The van der Waals surface area contributed by atoms with Crippen molar-refractivity contribution in [1.82, 2.24) is 4.57 Å². The third-order valence-corrected chi connectivity index (χ3v) is 3.72. The summed E-state index contributed by atoms with van der Waals surface area (Å²) in [5.41, 5.74) is 2.34. The zero-order valence-corrected chi connectivity index (χ0v) is 14.0. The first-order valence-electron chi connectivity index (χ1n) is 7.96. The van der Waals surface area contributed by atoms with Gasteiger partial charge in [0.05, 0.1) is 12.6 Å². The van der Waals surface area contributed by atoms with Crippen LogP contribution in [-0.2, 0) is 6.54 Å². The van der Waals surface area contributed by atoms with Crippen LogP contribution in [0.2, 0.25) is 0 Å². The van der Waals surface area contributed by atoms with Crippen LogP contribution in [0.1, 0.15) is 13.3 Å². The van der Waals surface area contributed by atoms with Gasteiger partial charge in [-0.3, -0.25) is 4.57 Å². The van der Waals surface area contributed by atoms with Gasteiger partial charge in [-0.05, 0) is 42.8 Å². The minimum absolute atomic E-state index is 0.389. The fourth-order valence-corrected chi connectivity index (χ4v) is 2.55. The smallest absolute Gasteiger partial charge is 0.419 e. The second-order valence-corrected chi connectivity index (χ2v) is 5.51. The number of carbonyl (C=O) groups is 1. The Bertz CT molecular complexity index is 941. The van der Waals surface area contributed by atoms with Gasteiger partial charge in [0.15, 0.2) is 5.58 Å². The molecule has 7 nitrogen and oxygen atoms in total. The lowest BCUT2D eigenvalue weighted by Gasteiger charge is -2.08. The fourth-order valence-electron chi connectivity index (χ4n) is 2.55. The Kier molecular flexibility index (Phi) is 4.74. The lowest BCUT2D eigenvalue weighted by Crippen LogP contribution is -2.19. The zero-order valence-electron chi connectivity index (χ0n) is 14.0. The van der Waals surface area contributed by atoms with E-state index >= 15 is 0 Å². The third-order valence-electron chi connectivity index (χ3n) is 3.72. The van der Waals surface area contributed by atoms with Crippen LogP contribution in [0.5, 0.6) is 5.75 Å². The number of hydrogen-bond donors (Lipinski definition) is 2. The van der Waals surface area contributed by atoms with E-state index in [4.69, 9.17) is 9.15 Å². The Balaban J connectivity index is 1.73. The molecular formula is C18H19N3O4. The lowest BCUT2D eigenvalue weighted by molar-refractivity contribution is 0.262. The number of rotatable bonds is 5. The van der Waals surface area contributed by atoms with Crippen LogP contribution in [0.4, 0.5) is 16.2 Å². The first-order valence-corrected chi connectivity index (χ1v) is 7.96. The number of aromatic nitrogens is 1. The van der Waals surface area contributed by atoms with Crippen LogP contribution >= 0.6 is 0 Å². The summed E-state index contributed by atoms with van der Waals surface area (Å²) < 4.78 is 11.9. The molecule has 0 atom stereocenters. The van der Waals surface area contributed by atoms with Crippen LogP contribution in [-0.4, -0.2) is 17.7 Å². The van der Waals surface area contributed by atoms with E-state index < -0.39 is 5.76 Å². The van der Waals surface area contributed by atoms with E-state index in [1.165, 1.54) is 0 Å². The van der Waals surface area contributed by atoms with Crippen molar-refractivity contribution in [3.05, 3.63) is 53.0 Å². The molecule has 0 spiro atoms. The van der Waals surface area contributed by atoms with E-state index in [9.17, 15) is 9.59 Å². The minimum atomic E-state index is -0.392. The highest BCUT2D eigenvalue weighted by molar-refractivity contribution is 6.00. The average molecular weight is 341 g/mol. The Morgan fingerprint density at radius 3 is 2.48 bits per heavy atom. The number of methoxy groups -OCH3 is 1. The predicted molar refractivity (Wildman–Crippen MR) is 96.4 cm³/mol. The summed E-state index contributed by atoms with van der Waals surface area (Å²) in [6.07, 6.45) is 0.832. The van der Waals surface area contributed by atoms with Crippen molar-refractivity contribution in [1.29, 1.82) is 0 Å². The molecular weight excluding hydrogens is 322 g/mol. The van der Waals surface area contributed by atoms with E-state index in [-0.39, 0.29) is 6.03 Å². The van der Waals surface area contributed by atoms with Crippen molar-refractivity contribution in [2.24, 2.45) is 0 Å². The summed E-state index contributed by atoms with van der Waals surface area (Å²) in [5.74, 6) is 0.319. The van der Waals surface area contributed by atoms with Gasteiger partial charge in [0.1, 0.15) is 5.75 Å². The second-order valence-electron chi connectivity index (χ2n) is 5.51. The largest absolute Gasteiger partial charge is 0.497 e. The van der Waals surface area contributed by atoms with Gasteiger partial charge >= 0.3 is 11.8 Å². The molecule has 2 N–H and O–H groups in total. The van der Waals surface area contributed by atoms with Crippen LogP contribution in [0.25, 0.3) is 11.1 Å². The highest BCUT2D eigenvalue weighted by Crippen LogP contribution is 2.20. The molecule has 1 heterocycles. The molecule has 0 bridgehead atoms. The number of urea groups is 1. The summed E-state index contributed by atoms with van der Waals surface area (Å²) in [5, 5.41) is 5.44. The maximum atomic E-state index is 12.1. The molecule has 2 amide bonds. The van der Waals surface area contributed by atoms with Gasteiger partial charge in [0, 0.05) is 24.0 Å². The summed E-state index contributed by atoms with van der Waals surface area (Å²) in [6, 6.07) is 11.7. The van der Waals surface area contributed by atoms with Gasteiger partial charge in [0.25, 0.3) is 0 Å². The number of carbonyl (C=O) groups excluding carboxylic acids is 1. The lowest BCUT2D eigenvalue weighted by atomic mass is 10.2. The maximum Gasteiger partial charge on any atom is 0.419 e. The molecule has 0 fully saturated rings. The number of nitrogens with one attached hydrogen (secondary N) is 2. The normalized spacial score (nSPS) is 10.6. The molecule has 25 heavy (non-hydrogen) atoms. The van der Waals surface area contributed by atoms with E-state index in [2.05, 4.69) is 10.6 Å². The van der Waals surface area contributed by atoms with E-state index in [1.807, 2.05) is 6.92 Å². The molecule has 3 aromatic rings. The molecule has 0 aliphatic rings. The molecule has 2 aromatic carbocycles. The number of nitrogens with zero attached hydrogens (tertiary/aromatic N) is 1. The standard InChI is InChI=1S/C18H19N3O4/c1-3-10-21-15-9-6-13(11-16(15)25-18(21)23)20-17(22)19-12-4-7-14(24-2)8-5-12/h4-9,11H,3,10H2,1-2H3,(H2,19,20,22). The summed E-state index contributed by atoms with van der Waals surface area (Å²) in [7, 11) is 1.58. The van der Waals surface area contributed by atoms with Gasteiger partial charge in [-0.25, -0.2) is 9.59 Å². The molecule has 0 saturated heterocycles. The third kappa shape index (κ3) is 3.65. The highest BCUT2D eigenvalue weighted by Gasteiger charge is 2.10. The van der Waals surface area contributed by atoms with E-state index in [1.54, 1.807) is 54.1 Å². The van der Waals surface area contributed by atoms with Gasteiger partial charge in [-0.15, -0.1) is 0 Å². The fraction of sp³-hybridized carbons (Fsp3) is 0.222. The first-order chi connectivity index (χ1) is 12.1. The average Bonchev–Trinajstić information content (AvgIpc) is 2.91. The molecule has 0 aliphatic heterocycles. The van der Waals surface area contributed by atoms with Gasteiger partial charge in [-0.1, -0.05) is 6.92 Å². The predicted octanol–water partition coefficient (Wildman–Crippen LogP) is 3.66. The molecule has 0 radical (unpaired) electrons. The van der Waals surface area contributed by atoms with Crippen molar-refractivity contribution in [2.75, 3.05) is 17.7 Å². The topological polar surface area (TPSA) is 85.5 Å². The van der Waals surface area contributed by atoms with Crippen LogP contribution in [0.15, 0.2) is 51.7 Å². The number of ether oxygens (including phenoxy) is 1. The van der Waals surface area contributed by atoms with Crippen LogP contribution in [0, 0.1) is 0 Å². The second kappa shape index (κ2) is 7.12. The monoisotopic (exact) mass is 341 g/mol. The number of oxazole rings is 1. The van der Waals surface area contributed by atoms with Crippen molar-refractivity contribution in [3.8, 4) is 5.75 Å². The van der Waals surface area contributed by atoms with Crippen molar-refractivity contribution < 1.29 is 13.9 Å². The van der Waals surface area contributed by atoms with Crippen LogP contribution in [0.3, 0.4) is 0 Å². The number of fused-ring (bicyclic) bond motifs is 1. The zero-order chi connectivity index (χ0) is 17.8. The van der Waals surface area contributed by atoms with Gasteiger partial charge in [0.2, 0.25) is 0 Å². The molecule has 0 aliphatic carbocycles. The van der Waals surface area contributed by atoms with Gasteiger partial charge in [-0.2, -0.15) is 0 Å². The van der Waals surface area contributed by atoms with Gasteiger partial charge < -0.3 is 19.8 Å². The number of benzene rings is 2. The van der Waals surface area contributed by atoms with Crippen LogP contribution < -0.4 is 21.1 Å². The number of amides is 2. The Labute approximate surface area is 144 Å². The maximum absolute atomic E-state index is 12.1. The summed E-state index contributed by atoms with van der Waals surface area (Å²) in [6.45, 7) is 2.58. The summed E-state index contributed by atoms with van der Waals surface area (Å²) >= 11 is 0. The van der Waals surface area contributed by atoms with Crippen molar-refractivity contribution >= 4 is 28.5 Å². The minimum Gasteiger partial charge on any atom is -0.497 e. The first kappa shape index (κ1) is 16.6. The Morgan fingerprint density at radius 2 is 1.80 bits per heavy atom. The van der Waals surface area contributed by atoms with Crippen molar-refractivity contribution in [3.63, 3.8) is 0 Å². The molecule has 7 heteroatoms. The molecule has 130 valence electrons. The van der Waals surface area contributed by atoms with E-state index in [0.29, 0.717) is 34.8 Å². The Morgan fingerprint density at radius 1 is 1.12 bits per heavy atom. The Hall–Kier alpha value is -3.22. The molecule has 0 unspecified atom stereocenters. The number of anilines is 2. The number of aryl methyl sites for hydroxylation is 1. The highest BCUT2D eigenvalue weighted by atomic mass is 16.5. The molecule has 1 aromatic heterocycles.